The van der Waals surface area contributed by atoms with Gasteiger partial charge >= 0.3 is 0 Å². The second-order valence-electron chi connectivity index (χ2n) is 4.97. The summed E-state index contributed by atoms with van der Waals surface area (Å²) < 4.78 is 15.5. The van der Waals surface area contributed by atoms with Gasteiger partial charge in [0.1, 0.15) is 5.82 Å². The summed E-state index contributed by atoms with van der Waals surface area (Å²) in [6.07, 6.45) is 0.786. The van der Waals surface area contributed by atoms with Crippen molar-refractivity contribution in [1.29, 1.82) is 0 Å². The lowest BCUT2D eigenvalue weighted by molar-refractivity contribution is 0.586. The van der Waals surface area contributed by atoms with Crippen LogP contribution in [-0.4, -0.2) is 13.1 Å². The zero-order chi connectivity index (χ0) is 15.2. The molecule has 0 saturated carbocycles. The number of halogens is 3. The lowest BCUT2D eigenvalue weighted by Gasteiger charge is -2.20. The van der Waals surface area contributed by atoms with Crippen LogP contribution >= 0.6 is 31.9 Å². The normalized spacial score (nSPS) is 12.4. The standard InChI is InChI=1S/C17H18Br2FN/c1-2-21-11-13(15-5-3-4-6-17(15)19)9-12-10-14(20)7-8-16(12)18/h3-8,10,13,21H,2,9,11H2,1H3. The van der Waals surface area contributed by atoms with E-state index in [4.69, 9.17) is 0 Å². The molecule has 1 N–H and O–H groups in total. The molecule has 2 aromatic carbocycles. The number of nitrogens with one attached hydrogen (secondary N) is 1. The average Bonchev–Trinajstić information content (AvgIpc) is 2.48. The summed E-state index contributed by atoms with van der Waals surface area (Å²) in [5.74, 6) is 0.0983. The number of hydrogen-bond donors (Lipinski definition) is 1. The second kappa shape index (κ2) is 8.06. The Bertz CT molecular complexity index is 601. The first-order valence-corrected chi connectivity index (χ1v) is 8.59. The van der Waals surface area contributed by atoms with E-state index in [2.05, 4.69) is 56.2 Å². The molecule has 0 aliphatic rings. The third-order valence-electron chi connectivity index (χ3n) is 3.46. The largest absolute Gasteiger partial charge is 0.316 e. The summed E-state index contributed by atoms with van der Waals surface area (Å²) in [6, 6.07) is 13.1. The van der Waals surface area contributed by atoms with Gasteiger partial charge in [0.15, 0.2) is 0 Å². The monoisotopic (exact) mass is 413 g/mol. The molecule has 1 nitrogen and oxygen atoms in total. The summed E-state index contributed by atoms with van der Waals surface area (Å²) >= 11 is 7.14. The van der Waals surface area contributed by atoms with Crippen LogP contribution in [0.4, 0.5) is 4.39 Å². The van der Waals surface area contributed by atoms with Gasteiger partial charge in [0.25, 0.3) is 0 Å². The minimum absolute atomic E-state index is 0.192. The van der Waals surface area contributed by atoms with Crippen LogP contribution in [0.5, 0.6) is 0 Å². The van der Waals surface area contributed by atoms with Crippen molar-refractivity contribution < 1.29 is 4.39 Å². The lowest BCUT2D eigenvalue weighted by atomic mass is 9.92. The quantitative estimate of drug-likeness (QED) is 0.677. The summed E-state index contributed by atoms with van der Waals surface area (Å²) in [5.41, 5.74) is 2.24. The number of benzene rings is 2. The van der Waals surface area contributed by atoms with Crippen LogP contribution in [0.3, 0.4) is 0 Å². The number of likely N-dealkylation sites (N-methyl/N-ethyl adjacent to an activating group) is 1. The van der Waals surface area contributed by atoms with Crippen LogP contribution in [0.15, 0.2) is 51.4 Å². The van der Waals surface area contributed by atoms with Gasteiger partial charge in [0, 0.05) is 21.4 Å². The van der Waals surface area contributed by atoms with E-state index >= 15 is 0 Å². The molecule has 0 bridgehead atoms. The van der Waals surface area contributed by atoms with Crippen molar-refractivity contribution in [3.8, 4) is 0 Å². The first-order chi connectivity index (χ1) is 10.1. The third kappa shape index (κ3) is 4.63. The smallest absolute Gasteiger partial charge is 0.123 e. The van der Waals surface area contributed by atoms with Gasteiger partial charge < -0.3 is 5.32 Å². The Morgan fingerprint density at radius 1 is 1.10 bits per heavy atom. The highest BCUT2D eigenvalue weighted by Gasteiger charge is 2.16. The second-order valence-corrected chi connectivity index (χ2v) is 6.67. The van der Waals surface area contributed by atoms with Gasteiger partial charge in [-0.1, -0.05) is 57.0 Å². The molecule has 0 aliphatic carbocycles. The molecule has 1 atom stereocenters. The van der Waals surface area contributed by atoms with Gasteiger partial charge in [-0.3, -0.25) is 0 Å². The topological polar surface area (TPSA) is 12.0 Å². The van der Waals surface area contributed by atoms with Gasteiger partial charge in [-0.25, -0.2) is 4.39 Å². The number of hydrogen-bond acceptors (Lipinski definition) is 1. The van der Waals surface area contributed by atoms with E-state index in [1.54, 1.807) is 12.1 Å². The minimum atomic E-state index is -0.192. The summed E-state index contributed by atoms with van der Waals surface area (Å²) in [4.78, 5) is 0. The Kier molecular flexibility index (Phi) is 6.40. The maximum atomic E-state index is 13.5. The van der Waals surface area contributed by atoms with E-state index in [9.17, 15) is 4.39 Å². The highest BCUT2D eigenvalue weighted by molar-refractivity contribution is 9.10. The van der Waals surface area contributed by atoms with Crippen molar-refractivity contribution in [2.24, 2.45) is 0 Å². The van der Waals surface area contributed by atoms with Crippen LogP contribution in [0.2, 0.25) is 0 Å². The summed E-state index contributed by atoms with van der Waals surface area (Å²) in [5, 5.41) is 3.40. The SMILES string of the molecule is CCNCC(Cc1cc(F)ccc1Br)c1ccccc1Br. The van der Waals surface area contributed by atoms with Crippen LogP contribution < -0.4 is 5.32 Å². The van der Waals surface area contributed by atoms with Crippen molar-refractivity contribution in [3.63, 3.8) is 0 Å². The fraction of sp³-hybridized carbons (Fsp3) is 0.294. The fourth-order valence-corrected chi connectivity index (χ4v) is 3.40. The van der Waals surface area contributed by atoms with E-state index in [1.165, 1.54) is 11.6 Å². The van der Waals surface area contributed by atoms with Crippen molar-refractivity contribution in [2.75, 3.05) is 13.1 Å². The van der Waals surface area contributed by atoms with Crippen molar-refractivity contribution >= 4 is 31.9 Å². The maximum absolute atomic E-state index is 13.5. The first kappa shape index (κ1) is 16.7. The van der Waals surface area contributed by atoms with Crippen LogP contribution in [0, 0.1) is 5.82 Å². The molecule has 2 rings (SSSR count). The van der Waals surface area contributed by atoms with Gasteiger partial charge in [0.2, 0.25) is 0 Å². The molecule has 1 unspecified atom stereocenters. The molecule has 4 heteroatoms. The molecule has 0 radical (unpaired) electrons. The molecule has 0 aliphatic heterocycles. The van der Waals surface area contributed by atoms with Crippen LogP contribution in [0.1, 0.15) is 24.0 Å². The van der Waals surface area contributed by atoms with Crippen molar-refractivity contribution in [3.05, 3.63) is 68.4 Å². The molecule has 0 saturated heterocycles. The van der Waals surface area contributed by atoms with Gasteiger partial charge in [-0.2, -0.15) is 0 Å². The minimum Gasteiger partial charge on any atom is -0.316 e. The Hall–Kier alpha value is -0.710. The average molecular weight is 415 g/mol. The maximum Gasteiger partial charge on any atom is 0.123 e. The van der Waals surface area contributed by atoms with Gasteiger partial charge in [-0.05, 0) is 48.4 Å². The first-order valence-electron chi connectivity index (χ1n) is 7.01. The molecule has 0 fully saturated rings. The van der Waals surface area contributed by atoms with Crippen molar-refractivity contribution in [2.45, 2.75) is 19.3 Å². The van der Waals surface area contributed by atoms with Gasteiger partial charge in [-0.15, -0.1) is 0 Å². The van der Waals surface area contributed by atoms with E-state index in [0.717, 1.165) is 34.0 Å². The van der Waals surface area contributed by atoms with Crippen molar-refractivity contribution in [1.82, 2.24) is 5.32 Å². The zero-order valence-corrected chi connectivity index (χ0v) is 15.0. The molecule has 21 heavy (non-hydrogen) atoms. The molecule has 0 aromatic heterocycles. The Balaban J connectivity index is 2.28. The van der Waals surface area contributed by atoms with E-state index in [1.807, 2.05) is 12.1 Å². The zero-order valence-electron chi connectivity index (χ0n) is 11.9. The van der Waals surface area contributed by atoms with E-state index < -0.39 is 0 Å². The molecular weight excluding hydrogens is 397 g/mol. The molecule has 0 spiro atoms. The Morgan fingerprint density at radius 3 is 2.57 bits per heavy atom. The summed E-state index contributed by atoms with van der Waals surface area (Å²) in [7, 11) is 0. The Morgan fingerprint density at radius 2 is 1.86 bits per heavy atom. The Labute approximate surface area is 142 Å². The molecule has 2 aromatic rings. The predicted octanol–water partition coefficient (Wildman–Crippen LogP) is 5.29. The van der Waals surface area contributed by atoms with E-state index in [0.29, 0.717) is 5.92 Å². The predicted molar refractivity (Wildman–Crippen MR) is 93.2 cm³/mol. The van der Waals surface area contributed by atoms with Crippen LogP contribution in [0.25, 0.3) is 0 Å². The summed E-state index contributed by atoms with van der Waals surface area (Å²) in [6.45, 7) is 3.88. The van der Waals surface area contributed by atoms with Crippen LogP contribution in [-0.2, 0) is 6.42 Å². The highest BCUT2D eigenvalue weighted by atomic mass is 79.9. The molecule has 112 valence electrons. The van der Waals surface area contributed by atoms with Gasteiger partial charge in [0.05, 0.1) is 0 Å². The molecule has 0 heterocycles. The molecule has 0 amide bonds. The fourth-order valence-electron chi connectivity index (χ4n) is 2.38. The lowest BCUT2D eigenvalue weighted by Crippen LogP contribution is -2.23. The van der Waals surface area contributed by atoms with E-state index in [-0.39, 0.29) is 5.82 Å². The molecular formula is C17H18Br2FN. The number of rotatable bonds is 6. The third-order valence-corrected chi connectivity index (χ3v) is 4.96. The highest BCUT2D eigenvalue weighted by Crippen LogP contribution is 2.30.